The summed E-state index contributed by atoms with van der Waals surface area (Å²) in [6.45, 7) is 1.68. The standard InChI is InChI=1S/C17H15N3S/c1-20(11-14-8-6-13(10-18)7-9-14)12-17-19-15-4-2-3-5-16(15)21-17/h2-9H,11-12H2,1H3. The molecule has 0 saturated heterocycles. The lowest BCUT2D eigenvalue weighted by Crippen LogP contribution is -2.17. The van der Waals surface area contributed by atoms with E-state index in [9.17, 15) is 0 Å². The first-order valence-electron chi connectivity index (χ1n) is 6.76. The summed E-state index contributed by atoms with van der Waals surface area (Å²) in [5.41, 5.74) is 2.98. The number of nitrogens with zero attached hydrogens (tertiary/aromatic N) is 3. The van der Waals surface area contributed by atoms with Gasteiger partial charge < -0.3 is 0 Å². The number of para-hydroxylation sites is 1. The molecule has 0 bridgehead atoms. The summed E-state index contributed by atoms with van der Waals surface area (Å²) in [6, 6.07) is 18.1. The Bertz CT molecular complexity index is 751. The van der Waals surface area contributed by atoms with Crippen LogP contribution in [0.1, 0.15) is 16.1 Å². The maximum absolute atomic E-state index is 8.81. The first kappa shape index (κ1) is 13.7. The molecule has 0 N–H and O–H groups in total. The zero-order valence-electron chi connectivity index (χ0n) is 11.8. The van der Waals surface area contributed by atoms with E-state index in [1.165, 1.54) is 10.3 Å². The van der Waals surface area contributed by atoms with E-state index < -0.39 is 0 Å². The van der Waals surface area contributed by atoms with Crippen LogP contribution in [0, 0.1) is 11.3 Å². The van der Waals surface area contributed by atoms with Gasteiger partial charge in [-0.1, -0.05) is 24.3 Å². The lowest BCUT2D eigenvalue weighted by atomic mass is 10.1. The van der Waals surface area contributed by atoms with Crippen LogP contribution in [0.15, 0.2) is 48.5 Å². The van der Waals surface area contributed by atoms with E-state index in [-0.39, 0.29) is 0 Å². The van der Waals surface area contributed by atoms with Gasteiger partial charge in [-0.15, -0.1) is 11.3 Å². The zero-order valence-corrected chi connectivity index (χ0v) is 12.6. The number of aromatic nitrogens is 1. The van der Waals surface area contributed by atoms with Crippen molar-refractivity contribution in [3.05, 3.63) is 64.7 Å². The van der Waals surface area contributed by atoms with E-state index in [0.717, 1.165) is 23.6 Å². The van der Waals surface area contributed by atoms with Crippen LogP contribution in [0.2, 0.25) is 0 Å². The Morgan fingerprint density at radius 2 is 1.86 bits per heavy atom. The summed E-state index contributed by atoms with van der Waals surface area (Å²) in [7, 11) is 2.09. The fourth-order valence-electron chi connectivity index (χ4n) is 2.27. The molecule has 0 spiro atoms. The second kappa shape index (κ2) is 6.04. The molecule has 104 valence electrons. The summed E-state index contributed by atoms with van der Waals surface area (Å²) in [5, 5.41) is 9.94. The fourth-order valence-corrected chi connectivity index (χ4v) is 3.32. The van der Waals surface area contributed by atoms with E-state index in [2.05, 4.69) is 35.1 Å². The second-order valence-electron chi connectivity index (χ2n) is 5.06. The van der Waals surface area contributed by atoms with Gasteiger partial charge in [-0.05, 0) is 36.9 Å². The number of nitriles is 1. The first-order chi connectivity index (χ1) is 10.2. The summed E-state index contributed by atoms with van der Waals surface area (Å²) in [5.74, 6) is 0. The molecule has 1 heterocycles. The monoisotopic (exact) mass is 293 g/mol. The summed E-state index contributed by atoms with van der Waals surface area (Å²) in [6.07, 6.45) is 0. The lowest BCUT2D eigenvalue weighted by Gasteiger charge is -2.14. The smallest absolute Gasteiger partial charge is 0.108 e. The molecule has 0 saturated carbocycles. The van der Waals surface area contributed by atoms with E-state index in [1.807, 2.05) is 36.4 Å². The Morgan fingerprint density at radius 3 is 2.57 bits per heavy atom. The Balaban J connectivity index is 1.67. The molecule has 0 unspecified atom stereocenters. The Labute approximate surface area is 128 Å². The molecule has 3 rings (SSSR count). The molecule has 0 aliphatic heterocycles. The van der Waals surface area contributed by atoms with Crippen molar-refractivity contribution in [3.63, 3.8) is 0 Å². The molecule has 0 atom stereocenters. The predicted octanol–water partition coefficient (Wildman–Crippen LogP) is 3.80. The van der Waals surface area contributed by atoms with Crippen LogP contribution in [0.5, 0.6) is 0 Å². The molecular weight excluding hydrogens is 278 g/mol. The normalized spacial score (nSPS) is 10.9. The van der Waals surface area contributed by atoms with Gasteiger partial charge in [-0.25, -0.2) is 4.98 Å². The highest BCUT2D eigenvalue weighted by Gasteiger charge is 2.07. The third-order valence-electron chi connectivity index (χ3n) is 3.28. The molecule has 1 aromatic heterocycles. The minimum atomic E-state index is 0.701. The summed E-state index contributed by atoms with van der Waals surface area (Å²) in [4.78, 5) is 6.89. The van der Waals surface area contributed by atoms with E-state index in [1.54, 1.807) is 11.3 Å². The average molecular weight is 293 g/mol. The number of benzene rings is 2. The van der Waals surface area contributed by atoms with Crippen LogP contribution >= 0.6 is 11.3 Å². The minimum Gasteiger partial charge on any atom is -0.295 e. The van der Waals surface area contributed by atoms with Crippen molar-refractivity contribution in [2.75, 3.05) is 7.05 Å². The topological polar surface area (TPSA) is 39.9 Å². The fraction of sp³-hybridized carbons (Fsp3) is 0.176. The number of fused-ring (bicyclic) bond motifs is 1. The highest BCUT2D eigenvalue weighted by Crippen LogP contribution is 2.22. The van der Waals surface area contributed by atoms with Gasteiger partial charge in [-0.3, -0.25) is 4.90 Å². The van der Waals surface area contributed by atoms with Gasteiger partial charge in [0.25, 0.3) is 0 Å². The van der Waals surface area contributed by atoms with Crippen LogP contribution in [-0.2, 0) is 13.1 Å². The van der Waals surface area contributed by atoms with Crippen LogP contribution in [-0.4, -0.2) is 16.9 Å². The Hall–Kier alpha value is -2.22. The molecule has 0 fully saturated rings. The van der Waals surface area contributed by atoms with Crippen LogP contribution < -0.4 is 0 Å². The summed E-state index contributed by atoms with van der Waals surface area (Å²) < 4.78 is 1.24. The molecule has 3 aromatic rings. The van der Waals surface area contributed by atoms with Gasteiger partial charge in [0, 0.05) is 6.54 Å². The van der Waals surface area contributed by atoms with Gasteiger partial charge in [0.15, 0.2) is 0 Å². The maximum atomic E-state index is 8.81. The first-order valence-corrected chi connectivity index (χ1v) is 7.58. The molecule has 0 amide bonds. The van der Waals surface area contributed by atoms with Gasteiger partial charge in [0.1, 0.15) is 5.01 Å². The van der Waals surface area contributed by atoms with Gasteiger partial charge in [0.05, 0.1) is 28.4 Å². The minimum absolute atomic E-state index is 0.701. The third kappa shape index (κ3) is 3.27. The van der Waals surface area contributed by atoms with Crippen molar-refractivity contribution in [2.24, 2.45) is 0 Å². The SMILES string of the molecule is CN(Cc1ccc(C#N)cc1)Cc1nc2ccccc2s1. The van der Waals surface area contributed by atoms with Crippen LogP contribution in [0.3, 0.4) is 0 Å². The molecule has 0 radical (unpaired) electrons. The average Bonchev–Trinajstić information content (AvgIpc) is 2.90. The van der Waals surface area contributed by atoms with Gasteiger partial charge in [-0.2, -0.15) is 5.26 Å². The van der Waals surface area contributed by atoms with E-state index in [4.69, 9.17) is 5.26 Å². The third-order valence-corrected chi connectivity index (χ3v) is 4.30. The second-order valence-corrected chi connectivity index (χ2v) is 6.17. The molecule has 4 heteroatoms. The Kier molecular flexibility index (Phi) is 3.96. The lowest BCUT2D eigenvalue weighted by molar-refractivity contribution is 0.319. The van der Waals surface area contributed by atoms with E-state index >= 15 is 0 Å². The van der Waals surface area contributed by atoms with Crippen molar-refractivity contribution in [1.29, 1.82) is 5.26 Å². The summed E-state index contributed by atoms with van der Waals surface area (Å²) >= 11 is 1.75. The van der Waals surface area contributed by atoms with Gasteiger partial charge >= 0.3 is 0 Å². The number of thiazole rings is 1. The molecule has 3 nitrogen and oxygen atoms in total. The predicted molar refractivity (Wildman–Crippen MR) is 85.9 cm³/mol. The molecule has 0 aliphatic carbocycles. The number of hydrogen-bond acceptors (Lipinski definition) is 4. The van der Waals surface area contributed by atoms with Crippen molar-refractivity contribution in [1.82, 2.24) is 9.88 Å². The van der Waals surface area contributed by atoms with Gasteiger partial charge in [0.2, 0.25) is 0 Å². The Morgan fingerprint density at radius 1 is 1.10 bits per heavy atom. The zero-order chi connectivity index (χ0) is 14.7. The number of hydrogen-bond donors (Lipinski definition) is 0. The molecule has 0 aliphatic rings. The highest BCUT2D eigenvalue weighted by molar-refractivity contribution is 7.18. The largest absolute Gasteiger partial charge is 0.295 e. The molecular formula is C17H15N3S. The highest BCUT2D eigenvalue weighted by atomic mass is 32.1. The van der Waals surface area contributed by atoms with Crippen molar-refractivity contribution in [2.45, 2.75) is 13.1 Å². The van der Waals surface area contributed by atoms with Crippen molar-refractivity contribution < 1.29 is 0 Å². The maximum Gasteiger partial charge on any atom is 0.108 e. The van der Waals surface area contributed by atoms with E-state index in [0.29, 0.717) is 5.56 Å². The van der Waals surface area contributed by atoms with Crippen LogP contribution in [0.25, 0.3) is 10.2 Å². The quantitative estimate of drug-likeness (QED) is 0.734. The van der Waals surface area contributed by atoms with Crippen LogP contribution in [0.4, 0.5) is 0 Å². The van der Waals surface area contributed by atoms with Crippen molar-refractivity contribution >= 4 is 21.6 Å². The molecule has 2 aromatic carbocycles. The van der Waals surface area contributed by atoms with Crippen molar-refractivity contribution in [3.8, 4) is 6.07 Å². The molecule has 21 heavy (non-hydrogen) atoms. The number of rotatable bonds is 4.